The summed E-state index contributed by atoms with van der Waals surface area (Å²) in [5.74, 6) is 1.18. The van der Waals surface area contributed by atoms with Gasteiger partial charge in [-0.3, -0.25) is 9.78 Å². The Morgan fingerprint density at radius 3 is 2.72 bits per heavy atom. The fourth-order valence-electron chi connectivity index (χ4n) is 2.88. The molecule has 1 aliphatic rings. The number of aromatic nitrogens is 4. The topological polar surface area (TPSA) is 72.7 Å². The number of hydrogen-bond donors (Lipinski definition) is 1. The van der Waals surface area contributed by atoms with Crippen molar-refractivity contribution in [3.05, 3.63) is 65.4 Å². The predicted octanol–water partition coefficient (Wildman–Crippen LogP) is 3.41. The second kappa shape index (κ2) is 6.12. The van der Waals surface area contributed by atoms with Gasteiger partial charge in [0.25, 0.3) is 5.91 Å². The van der Waals surface area contributed by atoms with Gasteiger partial charge in [0.15, 0.2) is 5.82 Å². The number of carbonyl (C=O) groups excluding carboxylic acids is 1. The SMILES string of the molecule is Cc1cc(C2CC2)n(-c2ccc(NC(=O)c3cccnc3C)cn2)n1. The van der Waals surface area contributed by atoms with Crippen molar-refractivity contribution in [2.24, 2.45) is 0 Å². The van der Waals surface area contributed by atoms with Gasteiger partial charge in [-0.15, -0.1) is 0 Å². The maximum Gasteiger partial charge on any atom is 0.257 e. The molecule has 6 nitrogen and oxygen atoms in total. The van der Waals surface area contributed by atoms with Gasteiger partial charge in [-0.2, -0.15) is 5.10 Å². The highest BCUT2D eigenvalue weighted by atomic mass is 16.1. The Morgan fingerprint density at radius 2 is 2.04 bits per heavy atom. The van der Waals surface area contributed by atoms with Crippen LogP contribution in [0.4, 0.5) is 5.69 Å². The largest absolute Gasteiger partial charge is 0.321 e. The normalized spacial score (nSPS) is 13.7. The molecule has 0 bridgehead atoms. The fraction of sp³-hybridized carbons (Fsp3) is 0.263. The van der Waals surface area contributed by atoms with E-state index in [9.17, 15) is 4.79 Å². The lowest BCUT2D eigenvalue weighted by molar-refractivity contribution is 0.102. The third kappa shape index (κ3) is 3.15. The Balaban J connectivity index is 1.55. The zero-order chi connectivity index (χ0) is 17.4. The summed E-state index contributed by atoms with van der Waals surface area (Å²) >= 11 is 0. The average molecular weight is 333 g/mol. The average Bonchev–Trinajstić information content (AvgIpc) is 3.38. The Hall–Kier alpha value is -3.02. The van der Waals surface area contributed by atoms with Crippen LogP contribution in [0.15, 0.2) is 42.7 Å². The first-order valence-corrected chi connectivity index (χ1v) is 8.38. The van der Waals surface area contributed by atoms with Gasteiger partial charge in [0, 0.05) is 23.5 Å². The molecule has 1 saturated carbocycles. The van der Waals surface area contributed by atoms with E-state index < -0.39 is 0 Å². The lowest BCUT2D eigenvalue weighted by Crippen LogP contribution is -2.14. The highest BCUT2D eigenvalue weighted by Gasteiger charge is 2.28. The Kier molecular flexibility index (Phi) is 3.80. The van der Waals surface area contributed by atoms with Crippen molar-refractivity contribution in [1.82, 2.24) is 19.7 Å². The number of nitrogens with one attached hydrogen (secondary N) is 1. The summed E-state index contributed by atoms with van der Waals surface area (Å²) in [6.45, 7) is 3.81. The van der Waals surface area contributed by atoms with E-state index >= 15 is 0 Å². The first-order valence-electron chi connectivity index (χ1n) is 8.38. The van der Waals surface area contributed by atoms with Gasteiger partial charge in [0.05, 0.1) is 23.1 Å². The van der Waals surface area contributed by atoms with E-state index in [0.29, 0.717) is 22.9 Å². The van der Waals surface area contributed by atoms with Crippen LogP contribution < -0.4 is 5.32 Å². The zero-order valence-corrected chi connectivity index (χ0v) is 14.2. The van der Waals surface area contributed by atoms with Gasteiger partial charge < -0.3 is 5.32 Å². The fourth-order valence-corrected chi connectivity index (χ4v) is 2.88. The number of aryl methyl sites for hydroxylation is 2. The monoisotopic (exact) mass is 333 g/mol. The van der Waals surface area contributed by atoms with E-state index in [1.54, 1.807) is 24.5 Å². The summed E-state index contributed by atoms with van der Waals surface area (Å²) < 4.78 is 1.91. The molecule has 1 aliphatic carbocycles. The molecule has 1 N–H and O–H groups in total. The molecule has 3 aromatic heterocycles. The van der Waals surface area contributed by atoms with Gasteiger partial charge in [0.2, 0.25) is 0 Å². The van der Waals surface area contributed by atoms with E-state index in [2.05, 4.69) is 26.4 Å². The van der Waals surface area contributed by atoms with Crippen LogP contribution in [0.25, 0.3) is 5.82 Å². The van der Waals surface area contributed by atoms with E-state index in [1.807, 2.05) is 30.7 Å². The maximum absolute atomic E-state index is 12.3. The standard InChI is InChI=1S/C19H19N5O/c1-12-10-17(14-5-6-14)24(23-12)18-8-7-15(11-21-18)22-19(25)16-4-3-9-20-13(16)2/h3-4,7-11,14H,5-6H2,1-2H3,(H,22,25). The minimum absolute atomic E-state index is 0.186. The minimum Gasteiger partial charge on any atom is -0.321 e. The minimum atomic E-state index is -0.186. The molecule has 0 aliphatic heterocycles. The summed E-state index contributed by atoms with van der Waals surface area (Å²) in [5.41, 5.74) is 4.12. The summed E-state index contributed by atoms with van der Waals surface area (Å²) in [7, 11) is 0. The van der Waals surface area contributed by atoms with Crippen molar-refractivity contribution in [3.8, 4) is 5.82 Å². The number of anilines is 1. The van der Waals surface area contributed by atoms with Crippen LogP contribution in [-0.4, -0.2) is 25.7 Å². The lowest BCUT2D eigenvalue weighted by atomic mass is 10.2. The molecule has 0 aromatic carbocycles. The van der Waals surface area contributed by atoms with Crippen LogP contribution >= 0.6 is 0 Å². The second-order valence-corrected chi connectivity index (χ2v) is 6.39. The number of carbonyl (C=O) groups is 1. The Labute approximate surface area is 145 Å². The summed E-state index contributed by atoms with van der Waals surface area (Å²) in [5, 5.41) is 7.41. The Bertz CT molecular complexity index is 925. The van der Waals surface area contributed by atoms with Crippen molar-refractivity contribution >= 4 is 11.6 Å². The molecule has 3 heterocycles. The molecule has 1 fully saturated rings. The molecule has 0 spiro atoms. The first-order chi connectivity index (χ1) is 12.1. The van der Waals surface area contributed by atoms with E-state index in [1.165, 1.54) is 18.5 Å². The summed E-state index contributed by atoms with van der Waals surface area (Å²) in [4.78, 5) is 21.0. The molecule has 0 unspecified atom stereocenters. The van der Waals surface area contributed by atoms with Gasteiger partial charge in [-0.25, -0.2) is 9.67 Å². The summed E-state index contributed by atoms with van der Waals surface area (Å²) in [6.07, 6.45) is 5.76. The van der Waals surface area contributed by atoms with Gasteiger partial charge >= 0.3 is 0 Å². The second-order valence-electron chi connectivity index (χ2n) is 6.39. The predicted molar refractivity (Wildman–Crippen MR) is 95.0 cm³/mol. The quantitative estimate of drug-likeness (QED) is 0.794. The first kappa shape index (κ1) is 15.5. The Morgan fingerprint density at radius 1 is 1.20 bits per heavy atom. The van der Waals surface area contributed by atoms with Gasteiger partial charge in [0.1, 0.15) is 0 Å². The van der Waals surface area contributed by atoms with Gasteiger partial charge in [-0.1, -0.05) is 0 Å². The van der Waals surface area contributed by atoms with E-state index in [-0.39, 0.29) is 5.91 Å². The molecule has 126 valence electrons. The number of hydrogen-bond acceptors (Lipinski definition) is 4. The van der Waals surface area contributed by atoms with Crippen LogP contribution in [0.3, 0.4) is 0 Å². The van der Waals surface area contributed by atoms with Crippen molar-refractivity contribution in [1.29, 1.82) is 0 Å². The van der Waals surface area contributed by atoms with Crippen molar-refractivity contribution < 1.29 is 4.79 Å². The number of pyridine rings is 2. The molecule has 6 heteroatoms. The van der Waals surface area contributed by atoms with Crippen LogP contribution in [0.5, 0.6) is 0 Å². The highest BCUT2D eigenvalue weighted by Crippen LogP contribution is 2.40. The van der Waals surface area contributed by atoms with Crippen LogP contribution in [-0.2, 0) is 0 Å². The molecular weight excluding hydrogens is 314 g/mol. The number of amides is 1. The van der Waals surface area contributed by atoms with Crippen molar-refractivity contribution in [2.75, 3.05) is 5.32 Å². The third-order valence-corrected chi connectivity index (χ3v) is 4.33. The third-order valence-electron chi connectivity index (χ3n) is 4.33. The van der Waals surface area contributed by atoms with E-state index in [4.69, 9.17) is 0 Å². The van der Waals surface area contributed by atoms with Gasteiger partial charge in [-0.05, 0) is 57.0 Å². The van der Waals surface area contributed by atoms with Crippen molar-refractivity contribution in [3.63, 3.8) is 0 Å². The smallest absolute Gasteiger partial charge is 0.257 e. The number of nitrogens with zero attached hydrogens (tertiary/aromatic N) is 4. The van der Waals surface area contributed by atoms with Crippen LogP contribution in [0.1, 0.15) is 46.2 Å². The molecule has 4 rings (SSSR count). The van der Waals surface area contributed by atoms with Crippen molar-refractivity contribution in [2.45, 2.75) is 32.6 Å². The van der Waals surface area contributed by atoms with Crippen LogP contribution in [0.2, 0.25) is 0 Å². The molecular formula is C19H19N5O. The van der Waals surface area contributed by atoms with E-state index in [0.717, 1.165) is 11.5 Å². The molecule has 0 atom stereocenters. The molecule has 0 radical (unpaired) electrons. The maximum atomic E-state index is 12.3. The molecule has 0 saturated heterocycles. The van der Waals surface area contributed by atoms with Crippen LogP contribution in [0, 0.1) is 13.8 Å². The highest BCUT2D eigenvalue weighted by molar-refractivity contribution is 6.04. The molecule has 25 heavy (non-hydrogen) atoms. The number of rotatable bonds is 4. The molecule has 1 amide bonds. The molecule has 3 aromatic rings. The lowest BCUT2D eigenvalue weighted by Gasteiger charge is -2.09. The zero-order valence-electron chi connectivity index (χ0n) is 14.2. The summed E-state index contributed by atoms with van der Waals surface area (Å²) in [6, 6.07) is 9.36.